The fourth-order valence-corrected chi connectivity index (χ4v) is 2.53. The first-order valence-electron chi connectivity index (χ1n) is 7.57. The van der Waals surface area contributed by atoms with Crippen molar-refractivity contribution in [2.75, 3.05) is 31.1 Å². The molecule has 0 atom stereocenters. The van der Waals surface area contributed by atoms with Crippen LogP contribution in [0.1, 0.15) is 0 Å². The van der Waals surface area contributed by atoms with Gasteiger partial charge in [0.2, 0.25) is 5.82 Å². The van der Waals surface area contributed by atoms with E-state index in [2.05, 4.69) is 30.3 Å². The minimum Gasteiger partial charge on any atom is -0.354 e. The molecule has 0 saturated carbocycles. The Kier molecular flexibility index (Phi) is 3.69. The number of hydrogen-bond donors (Lipinski definition) is 1. The first-order valence-corrected chi connectivity index (χ1v) is 7.57. The van der Waals surface area contributed by atoms with Gasteiger partial charge in [-0.05, 0) is 24.3 Å². The van der Waals surface area contributed by atoms with Crippen LogP contribution in [0.25, 0.3) is 23.0 Å². The van der Waals surface area contributed by atoms with Crippen LogP contribution in [0.3, 0.4) is 0 Å². The standard InChI is InChI=1S/C16H16N6O/c1-2-6-18-13(3-1)15-20-16(23-21-15)12-4-5-14(19-11-12)22-9-7-17-8-10-22/h1-6,11,17H,7-10H2. The summed E-state index contributed by atoms with van der Waals surface area (Å²) in [4.78, 5) is 15.4. The Hall–Kier alpha value is -2.80. The van der Waals surface area contributed by atoms with Crippen molar-refractivity contribution in [2.24, 2.45) is 0 Å². The number of pyridine rings is 2. The maximum atomic E-state index is 5.33. The molecule has 1 aliphatic rings. The zero-order valence-electron chi connectivity index (χ0n) is 12.5. The number of nitrogens with one attached hydrogen (secondary N) is 1. The van der Waals surface area contributed by atoms with E-state index in [1.165, 1.54) is 0 Å². The van der Waals surface area contributed by atoms with E-state index < -0.39 is 0 Å². The van der Waals surface area contributed by atoms with Crippen LogP contribution in [0.4, 0.5) is 5.82 Å². The van der Waals surface area contributed by atoms with Gasteiger partial charge in [-0.3, -0.25) is 4.98 Å². The second-order valence-electron chi connectivity index (χ2n) is 5.28. The molecule has 0 amide bonds. The summed E-state index contributed by atoms with van der Waals surface area (Å²) >= 11 is 0. The average molecular weight is 308 g/mol. The molecule has 3 aromatic rings. The topological polar surface area (TPSA) is 80.0 Å². The van der Waals surface area contributed by atoms with Crippen molar-refractivity contribution in [1.29, 1.82) is 0 Å². The van der Waals surface area contributed by atoms with E-state index in [0.717, 1.165) is 37.6 Å². The number of nitrogens with zero attached hydrogens (tertiary/aromatic N) is 5. The highest BCUT2D eigenvalue weighted by Crippen LogP contribution is 2.22. The lowest BCUT2D eigenvalue weighted by Gasteiger charge is -2.28. The Balaban J connectivity index is 1.55. The van der Waals surface area contributed by atoms with Crippen LogP contribution < -0.4 is 10.2 Å². The van der Waals surface area contributed by atoms with E-state index in [1.807, 2.05) is 30.3 Å². The molecule has 0 spiro atoms. The van der Waals surface area contributed by atoms with E-state index in [-0.39, 0.29) is 0 Å². The van der Waals surface area contributed by atoms with E-state index in [0.29, 0.717) is 17.4 Å². The van der Waals surface area contributed by atoms with E-state index in [9.17, 15) is 0 Å². The third kappa shape index (κ3) is 2.91. The molecule has 0 aromatic carbocycles. The van der Waals surface area contributed by atoms with Gasteiger partial charge in [-0.1, -0.05) is 11.2 Å². The predicted octanol–water partition coefficient (Wildman–Crippen LogP) is 1.60. The summed E-state index contributed by atoms with van der Waals surface area (Å²) in [6.07, 6.45) is 3.47. The van der Waals surface area contributed by atoms with E-state index in [1.54, 1.807) is 12.4 Å². The zero-order chi connectivity index (χ0) is 15.5. The maximum Gasteiger partial charge on any atom is 0.259 e. The molecule has 7 heteroatoms. The summed E-state index contributed by atoms with van der Waals surface area (Å²) in [5.41, 5.74) is 1.49. The molecular formula is C16H16N6O. The molecule has 1 N–H and O–H groups in total. The Labute approximate surface area is 133 Å². The summed E-state index contributed by atoms with van der Waals surface area (Å²) < 4.78 is 5.33. The number of piperazine rings is 1. The lowest BCUT2D eigenvalue weighted by molar-refractivity contribution is 0.432. The van der Waals surface area contributed by atoms with Gasteiger partial charge in [-0.25, -0.2) is 4.98 Å². The normalized spacial score (nSPS) is 14.9. The van der Waals surface area contributed by atoms with Gasteiger partial charge in [0.25, 0.3) is 5.89 Å². The second kappa shape index (κ2) is 6.13. The number of rotatable bonds is 3. The summed E-state index contributed by atoms with van der Waals surface area (Å²) in [5.74, 6) is 1.90. The summed E-state index contributed by atoms with van der Waals surface area (Å²) in [7, 11) is 0. The monoisotopic (exact) mass is 308 g/mol. The average Bonchev–Trinajstić information content (AvgIpc) is 3.14. The fraction of sp³-hybridized carbons (Fsp3) is 0.250. The van der Waals surface area contributed by atoms with Crippen LogP contribution in [0, 0.1) is 0 Å². The predicted molar refractivity (Wildman–Crippen MR) is 85.8 cm³/mol. The molecule has 0 bridgehead atoms. The molecule has 116 valence electrons. The van der Waals surface area contributed by atoms with Crippen molar-refractivity contribution in [3.63, 3.8) is 0 Å². The van der Waals surface area contributed by atoms with Crippen molar-refractivity contribution in [2.45, 2.75) is 0 Å². The first kappa shape index (κ1) is 13.8. The number of anilines is 1. The van der Waals surface area contributed by atoms with Crippen LogP contribution in [0.2, 0.25) is 0 Å². The van der Waals surface area contributed by atoms with E-state index in [4.69, 9.17) is 4.52 Å². The van der Waals surface area contributed by atoms with Crippen LogP contribution >= 0.6 is 0 Å². The lowest BCUT2D eigenvalue weighted by Crippen LogP contribution is -2.43. The molecule has 1 fully saturated rings. The summed E-state index contributed by atoms with van der Waals surface area (Å²) in [5, 5.41) is 7.31. The van der Waals surface area contributed by atoms with Gasteiger partial charge in [0, 0.05) is 38.6 Å². The van der Waals surface area contributed by atoms with Crippen LogP contribution in [0.15, 0.2) is 47.2 Å². The summed E-state index contributed by atoms with van der Waals surface area (Å²) in [6.45, 7) is 3.91. The van der Waals surface area contributed by atoms with Crippen LogP contribution in [0.5, 0.6) is 0 Å². The fourth-order valence-electron chi connectivity index (χ4n) is 2.53. The SMILES string of the molecule is c1ccc(-c2noc(-c3ccc(N4CCNCC4)nc3)n2)nc1. The Bertz CT molecular complexity index is 765. The molecule has 4 rings (SSSR count). The van der Waals surface area contributed by atoms with Gasteiger partial charge in [-0.2, -0.15) is 4.98 Å². The van der Waals surface area contributed by atoms with Crippen molar-refractivity contribution in [1.82, 2.24) is 25.4 Å². The Morgan fingerprint density at radius 3 is 2.70 bits per heavy atom. The zero-order valence-corrected chi connectivity index (χ0v) is 12.5. The third-order valence-electron chi connectivity index (χ3n) is 3.76. The molecule has 4 heterocycles. The highest BCUT2D eigenvalue weighted by atomic mass is 16.5. The largest absolute Gasteiger partial charge is 0.354 e. The third-order valence-corrected chi connectivity index (χ3v) is 3.76. The minimum absolute atomic E-state index is 0.449. The molecule has 0 unspecified atom stereocenters. The molecule has 0 aliphatic carbocycles. The van der Waals surface area contributed by atoms with Gasteiger partial charge >= 0.3 is 0 Å². The highest BCUT2D eigenvalue weighted by Gasteiger charge is 2.14. The van der Waals surface area contributed by atoms with Crippen LogP contribution in [-0.2, 0) is 0 Å². The molecule has 7 nitrogen and oxygen atoms in total. The smallest absolute Gasteiger partial charge is 0.259 e. The second-order valence-corrected chi connectivity index (χ2v) is 5.28. The van der Waals surface area contributed by atoms with Crippen LogP contribution in [-0.4, -0.2) is 46.3 Å². The van der Waals surface area contributed by atoms with E-state index >= 15 is 0 Å². The molecule has 23 heavy (non-hydrogen) atoms. The minimum atomic E-state index is 0.449. The first-order chi connectivity index (χ1) is 11.4. The van der Waals surface area contributed by atoms with Crippen molar-refractivity contribution in [3.8, 4) is 23.0 Å². The van der Waals surface area contributed by atoms with Gasteiger partial charge in [0.15, 0.2) is 0 Å². The Morgan fingerprint density at radius 1 is 1.04 bits per heavy atom. The van der Waals surface area contributed by atoms with Crippen molar-refractivity contribution in [3.05, 3.63) is 42.7 Å². The maximum absolute atomic E-state index is 5.33. The van der Waals surface area contributed by atoms with Crippen molar-refractivity contribution >= 4 is 5.82 Å². The Morgan fingerprint density at radius 2 is 1.96 bits per heavy atom. The molecule has 0 radical (unpaired) electrons. The van der Waals surface area contributed by atoms with Gasteiger partial charge in [0.1, 0.15) is 11.5 Å². The molecule has 3 aromatic heterocycles. The quantitative estimate of drug-likeness (QED) is 0.787. The number of hydrogen-bond acceptors (Lipinski definition) is 7. The number of aromatic nitrogens is 4. The molecular weight excluding hydrogens is 292 g/mol. The highest BCUT2D eigenvalue weighted by molar-refractivity contribution is 5.58. The molecule has 1 aliphatic heterocycles. The molecule has 1 saturated heterocycles. The van der Waals surface area contributed by atoms with Gasteiger partial charge < -0.3 is 14.7 Å². The van der Waals surface area contributed by atoms with Gasteiger partial charge in [-0.15, -0.1) is 0 Å². The van der Waals surface area contributed by atoms with Crippen molar-refractivity contribution < 1.29 is 4.52 Å². The lowest BCUT2D eigenvalue weighted by atomic mass is 10.2. The summed E-state index contributed by atoms with van der Waals surface area (Å²) in [6, 6.07) is 9.54. The van der Waals surface area contributed by atoms with Gasteiger partial charge in [0.05, 0.1) is 5.56 Å².